The van der Waals surface area contributed by atoms with Gasteiger partial charge in [-0.05, 0) is 30.4 Å². The zero-order valence-electron chi connectivity index (χ0n) is 15.8. The van der Waals surface area contributed by atoms with Crippen molar-refractivity contribution in [3.63, 3.8) is 0 Å². The number of rotatable bonds is 6. The van der Waals surface area contributed by atoms with Crippen molar-refractivity contribution in [2.75, 3.05) is 11.6 Å². The number of fused-ring (bicyclic) bond motifs is 1. The van der Waals surface area contributed by atoms with Crippen LogP contribution < -0.4 is 5.32 Å². The van der Waals surface area contributed by atoms with Gasteiger partial charge >= 0.3 is 0 Å². The summed E-state index contributed by atoms with van der Waals surface area (Å²) in [6, 6.07) is 6.75. The second-order valence-electron chi connectivity index (χ2n) is 6.57. The highest BCUT2D eigenvalue weighted by Gasteiger charge is 2.16. The van der Waals surface area contributed by atoms with Crippen LogP contribution in [0.5, 0.6) is 0 Å². The molecular formula is C19H20FN7S. The minimum Gasteiger partial charge on any atom is -0.350 e. The smallest absolute Gasteiger partial charge is 0.228 e. The third-order valence-corrected chi connectivity index (χ3v) is 5.00. The third-order valence-electron chi connectivity index (χ3n) is 4.45. The van der Waals surface area contributed by atoms with E-state index < -0.39 is 0 Å². The van der Waals surface area contributed by atoms with Crippen LogP contribution in [0.4, 0.5) is 10.3 Å². The Kier molecular flexibility index (Phi) is 4.99. The van der Waals surface area contributed by atoms with Gasteiger partial charge in [0, 0.05) is 30.1 Å². The Morgan fingerprint density at radius 1 is 1.18 bits per heavy atom. The van der Waals surface area contributed by atoms with E-state index in [1.54, 1.807) is 33.7 Å². The van der Waals surface area contributed by atoms with E-state index in [9.17, 15) is 4.39 Å². The normalized spacial score (nSPS) is 11.5. The molecule has 9 heteroatoms. The number of benzene rings is 1. The second-order valence-corrected chi connectivity index (χ2v) is 7.34. The number of nitrogens with zero attached hydrogens (tertiary/aromatic N) is 6. The summed E-state index contributed by atoms with van der Waals surface area (Å²) in [5, 5.41) is 12.5. The number of thioether (sulfide) groups is 1. The Morgan fingerprint density at radius 3 is 2.75 bits per heavy atom. The van der Waals surface area contributed by atoms with E-state index in [-0.39, 0.29) is 18.3 Å². The summed E-state index contributed by atoms with van der Waals surface area (Å²) in [6.45, 7) is 4.43. The predicted octanol–water partition coefficient (Wildman–Crippen LogP) is 3.91. The van der Waals surface area contributed by atoms with E-state index in [1.807, 2.05) is 18.5 Å². The lowest BCUT2D eigenvalue weighted by atomic mass is 10.1. The number of hydrogen-bond acceptors (Lipinski definition) is 6. The van der Waals surface area contributed by atoms with Crippen LogP contribution in [-0.4, -0.2) is 35.6 Å². The second kappa shape index (κ2) is 7.59. The number of hydrogen-bond donors (Lipinski definition) is 1. The van der Waals surface area contributed by atoms with Gasteiger partial charge in [-0.15, -0.1) is 0 Å². The van der Waals surface area contributed by atoms with Crippen molar-refractivity contribution in [1.82, 2.24) is 29.4 Å². The van der Waals surface area contributed by atoms with Crippen LogP contribution in [0.15, 0.2) is 48.0 Å². The standard InChI is InChI=1S/C19H20FN7S/c1-12(2)13-11-23-27-17(13)24-19(28-3)25-18(27)21-10-14-15(20)6-4-7-16(14)26-9-5-8-22-26/h4-9,11-12H,10H2,1-3H3,(H,21,24,25). The van der Waals surface area contributed by atoms with Crippen LogP contribution in [0.3, 0.4) is 0 Å². The van der Waals surface area contributed by atoms with Crippen LogP contribution in [0.25, 0.3) is 11.3 Å². The van der Waals surface area contributed by atoms with Gasteiger partial charge < -0.3 is 5.32 Å². The van der Waals surface area contributed by atoms with Crippen molar-refractivity contribution in [3.05, 3.63) is 59.8 Å². The van der Waals surface area contributed by atoms with E-state index in [0.717, 1.165) is 11.2 Å². The average molecular weight is 397 g/mol. The summed E-state index contributed by atoms with van der Waals surface area (Å²) in [5.41, 5.74) is 2.98. The van der Waals surface area contributed by atoms with Gasteiger partial charge in [0.2, 0.25) is 5.95 Å². The van der Waals surface area contributed by atoms with Crippen LogP contribution in [0, 0.1) is 5.82 Å². The third kappa shape index (κ3) is 3.33. The molecule has 0 aliphatic rings. The summed E-state index contributed by atoms with van der Waals surface area (Å²) in [7, 11) is 0. The van der Waals surface area contributed by atoms with E-state index in [0.29, 0.717) is 22.4 Å². The summed E-state index contributed by atoms with van der Waals surface area (Å²) >= 11 is 1.46. The van der Waals surface area contributed by atoms with Crippen molar-refractivity contribution < 1.29 is 4.39 Å². The Labute approximate surface area is 166 Å². The van der Waals surface area contributed by atoms with Crippen molar-refractivity contribution >= 4 is 23.4 Å². The minimum atomic E-state index is -0.306. The maximum atomic E-state index is 14.6. The fourth-order valence-corrected chi connectivity index (χ4v) is 3.36. The number of halogens is 1. The molecule has 0 aliphatic carbocycles. The quantitative estimate of drug-likeness (QED) is 0.498. The number of nitrogens with one attached hydrogen (secondary N) is 1. The molecule has 144 valence electrons. The first-order valence-corrected chi connectivity index (χ1v) is 10.1. The molecule has 0 bridgehead atoms. The van der Waals surface area contributed by atoms with E-state index in [4.69, 9.17) is 0 Å². The SMILES string of the molecule is CSc1nc(NCc2c(F)cccc2-n2cccn2)n2ncc(C(C)C)c2n1. The van der Waals surface area contributed by atoms with Crippen molar-refractivity contribution in [2.24, 2.45) is 0 Å². The van der Waals surface area contributed by atoms with Gasteiger partial charge in [-0.3, -0.25) is 0 Å². The van der Waals surface area contributed by atoms with Crippen molar-refractivity contribution in [1.29, 1.82) is 0 Å². The molecule has 0 amide bonds. The summed E-state index contributed by atoms with van der Waals surface area (Å²) in [6.07, 6.45) is 7.18. The van der Waals surface area contributed by atoms with Gasteiger partial charge in [0.15, 0.2) is 10.8 Å². The van der Waals surface area contributed by atoms with Gasteiger partial charge in [-0.1, -0.05) is 31.7 Å². The summed E-state index contributed by atoms with van der Waals surface area (Å²) < 4.78 is 17.9. The topological polar surface area (TPSA) is 72.9 Å². The Hall–Kier alpha value is -2.94. The lowest BCUT2D eigenvalue weighted by molar-refractivity contribution is 0.608. The van der Waals surface area contributed by atoms with Gasteiger partial charge in [0.05, 0.1) is 11.9 Å². The molecule has 3 aromatic heterocycles. The highest BCUT2D eigenvalue weighted by molar-refractivity contribution is 7.98. The largest absolute Gasteiger partial charge is 0.350 e. The van der Waals surface area contributed by atoms with Crippen molar-refractivity contribution in [3.8, 4) is 5.69 Å². The summed E-state index contributed by atoms with van der Waals surface area (Å²) in [5.74, 6) is 0.503. The molecule has 1 aromatic carbocycles. The minimum absolute atomic E-state index is 0.235. The predicted molar refractivity (Wildman–Crippen MR) is 108 cm³/mol. The average Bonchev–Trinajstić information content (AvgIpc) is 3.36. The molecule has 0 radical (unpaired) electrons. The number of aromatic nitrogens is 6. The molecule has 0 saturated heterocycles. The molecule has 0 unspecified atom stereocenters. The van der Waals surface area contributed by atoms with Crippen LogP contribution in [0.1, 0.15) is 30.9 Å². The maximum absolute atomic E-state index is 14.6. The maximum Gasteiger partial charge on any atom is 0.228 e. The molecule has 0 saturated carbocycles. The molecule has 4 rings (SSSR count). The molecule has 1 N–H and O–H groups in total. The Bertz CT molecular complexity index is 1110. The van der Waals surface area contributed by atoms with Crippen LogP contribution in [0.2, 0.25) is 0 Å². The molecule has 4 aromatic rings. The molecule has 0 atom stereocenters. The molecule has 0 aliphatic heterocycles. The van der Waals surface area contributed by atoms with Crippen LogP contribution in [-0.2, 0) is 6.54 Å². The van der Waals surface area contributed by atoms with E-state index in [2.05, 4.69) is 39.3 Å². The fourth-order valence-electron chi connectivity index (χ4n) is 3.00. The van der Waals surface area contributed by atoms with Gasteiger partial charge in [-0.2, -0.15) is 19.7 Å². The number of anilines is 1. The molecule has 3 heterocycles. The lowest BCUT2D eigenvalue weighted by Crippen LogP contribution is -2.13. The van der Waals surface area contributed by atoms with E-state index >= 15 is 0 Å². The highest BCUT2D eigenvalue weighted by atomic mass is 32.2. The van der Waals surface area contributed by atoms with Gasteiger partial charge in [-0.25, -0.2) is 14.1 Å². The van der Waals surface area contributed by atoms with Gasteiger partial charge in [0.1, 0.15) is 5.82 Å². The lowest BCUT2D eigenvalue weighted by Gasteiger charge is -2.13. The summed E-state index contributed by atoms with van der Waals surface area (Å²) in [4.78, 5) is 9.12. The van der Waals surface area contributed by atoms with Crippen LogP contribution >= 0.6 is 11.8 Å². The first-order valence-electron chi connectivity index (χ1n) is 8.89. The molecule has 28 heavy (non-hydrogen) atoms. The Morgan fingerprint density at radius 2 is 2.04 bits per heavy atom. The molecular weight excluding hydrogens is 377 g/mol. The van der Waals surface area contributed by atoms with Gasteiger partial charge in [0.25, 0.3) is 0 Å². The molecule has 0 spiro atoms. The zero-order chi connectivity index (χ0) is 19.7. The first-order chi connectivity index (χ1) is 13.6. The highest BCUT2D eigenvalue weighted by Crippen LogP contribution is 2.24. The first kappa shape index (κ1) is 18.4. The van der Waals surface area contributed by atoms with E-state index in [1.165, 1.54) is 17.8 Å². The molecule has 0 fully saturated rings. The zero-order valence-corrected chi connectivity index (χ0v) is 16.6. The fraction of sp³-hybridized carbons (Fsp3) is 0.263. The van der Waals surface area contributed by atoms with Crippen molar-refractivity contribution in [2.45, 2.75) is 31.5 Å². The monoisotopic (exact) mass is 397 g/mol. The Balaban J connectivity index is 1.73. The molecule has 7 nitrogen and oxygen atoms in total.